The fraction of sp³-hybridized carbons (Fsp3) is 0.667. The van der Waals surface area contributed by atoms with Gasteiger partial charge in [0, 0.05) is 18.7 Å². The van der Waals surface area contributed by atoms with E-state index in [1.54, 1.807) is 6.26 Å². The topological polar surface area (TPSA) is 45.5 Å². The predicted octanol–water partition coefficient (Wildman–Crippen LogP) is 2.62. The monoisotopic (exact) mass is 298 g/mol. The van der Waals surface area contributed by atoms with Crippen molar-refractivity contribution < 1.29 is 9.21 Å². The summed E-state index contributed by atoms with van der Waals surface area (Å²) in [5.74, 6) is 0.576. The van der Waals surface area contributed by atoms with Crippen LogP contribution >= 0.6 is 12.4 Å². The summed E-state index contributed by atoms with van der Waals surface area (Å²) in [5.41, 5.74) is 1.42. The van der Waals surface area contributed by atoms with Gasteiger partial charge >= 0.3 is 0 Å². The fourth-order valence-electron chi connectivity index (χ4n) is 3.38. The van der Waals surface area contributed by atoms with Crippen LogP contribution in [-0.4, -0.2) is 37.0 Å². The number of carbonyl (C=O) groups is 1. The van der Waals surface area contributed by atoms with Crippen molar-refractivity contribution in [3.63, 3.8) is 0 Å². The van der Waals surface area contributed by atoms with Crippen LogP contribution in [0.5, 0.6) is 0 Å². The van der Waals surface area contributed by atoms with Gasteiger partial charge in [-0.2, -0.15) is 0 Å². The van der Waals surface area contributed by atoms with Gasteiger partial charge in [-0.1, -0.05) is 0 Å². The summed E-state index contributed by atoms with van der Waals surface area (Å²) in [6.07, 6.45) is 6.39. The SMILES string of the molecule is Cc1ccoc1C(=O)N1CCC2(CCNCC2)CC1.Cl. The first-order chi connectivity index (χ1) is 9.20. The number of rotatable bonds is 1. The van der Waals surface area contributed by atoms with Crippen molar-refractivity contribution in [1.29, 1.82) is 0 Å². The number of likely N-dealkylation sites (tertiary alicyclic amines) is 1. The summed E-state index contributed by atoms with van der Waals surface area (Å²) in [7, 11) is 0. The highest BCUT2D eigenvalue weighted by atomic mass is 35.5. The minimum atomic E-state index is 0. The summed E-state index contributed by atoms with van der Waals surface area (Å²) in [4.78, 5) is 14.3. The Hall–Kier alpha value is -1.00. The molecule has 1 aromatic heterocycles. The number of carbonyl (C=O) groups excluding carboxylic acids is 1. The molecule has 5 heteroatoms. The number of aryl methyl sites for hydroxylation is 1. The van der Waals surface area contributed by atoms with Crippen molar-refractivity contribution in [3.8, 4) is 0 Å². The van der Waals surface area contributed by atoms with Crippen LogP contribution in [0.2, 0.25) is 0 Å². The van der Waals surface area contributed by atoms with Gasteiger partial charge in [-0.3, -0.25) is 4.79 Å². The van der Waals surface area contributed by atoms with Crippen LogP contribution in [0.1, 0.15) is 41.8 Å². The van der Waals surface area contributed by atoms with E-state index in [1.165, 1.54) is 12.8 Å². The molecular formula is C15H23ClN2O2. The Balaban J connectivity index is 0.00000147. The Morgan fingerprint density at radius 3 is 2.45 bits per heavy atom. The molecule has 2 fully saturated rings. The molecule has 2 aliphatic rings. The van der Waals surface area contributed by atoms with Crippen LogP contribution in [0, 0.1) is 12.3 Å². The first-order valence-corrected chi connectivity index (χ1v) is 7.24. The minimum absolute atomic E-state index is 0. The molecule has 1 spiro atoms. The second-order valence-electron chi connectivity index (χ2n) is 5.97. The van der Waals surface area contributed by atoms with Gasteiger partial charge in [0.05, 0.1) is 6.26 Å². The molecule has 0 bridgehead atoms. The Morgan fingerprint density at radius 2 is 1.90 bits per heavy atom. The highest BCUT2D eigenvalue weighted by molar-refractivity contribution is 5.92. The molecule has 0 saturated carbocycles. The summed E-state index contributed by atoms with van der Waals surface area (Å²) in [6.45, 7) is 5.93. The van der Waals surface area contributed by atoms with Crippen LogP contribution in [0.3, 0.4) is 0 Å². The highest BCUT2D eigenvalue weighted by Crippen LogP contribution is 2.39. The van der Waals surface area contributed by atoms with E-state index in [-0.39, 0.29) is 18.3 Å². The molecule has 112 valence electrons. The summed E-state index contributed by atoms with van der Waals surface area (Å²) in [5, 5.41) is 3.42. The minimum Gasteiger partial charge on any atom is -0.459 e. The molecule has 1 amide bonds. The van der Waals surface area contributed by atoms with E-state index in [0.29, 0.717) is 11.2 Å². The first kappa shape index (κ1) is 15.4. The molecule has 1 N–H and O–H groups in total. The van der Waals surface area contributed by atoms with Gasteiger partial charge in [-0.25, -0.2) is 0 Å². The van der Waals surface area contributed by atoms with Crippen molar-refractivity contribution in [2.45, 2.75) is 32.6 Å². The molecule has 3 rings (SSSR count). The van der Waals surface area contributed by atoms with Crippen LogP contribution in [0.25, 0.3) is 0 Å². The molecule has 20 heavy (non-hydrogen) atoms. The van der Waals surface area contributed by atoms with Gasteiger partial charge < -0.3 is 14.6 Å². The average Bonchev–Trinajstić information content (AvgIpc) is 2.86. The number of furan rings is 1. The lowest BCUT2D eigenvalue weighted by molar-refractivity contribution is 0.0469. The van der Waals surface area contributed by atoms with Crippen LogP contribution in [0.4, 0.5) is 0 Å². The Morgan fingerprint density at radius 1 is 1.25 bits per heavy atom. The molecule has 2 saturated heterocycles. The number of halogens is 1. The van der Waals surface area contributed by atoms with E-state index in [2.05, 4.69) is 5.32 Å². The summed E-state index contributed by atoms with van der Waals surface area (Å²) < 4.78 is 5.32. The maximum atomic E-state index is 12.4. The van der Waals surface area contributed by atoms with Crippen molar-refractivity contribution in [2.75, 3.05) is 26.2 Å². The third kappa shape index (κ3) is 2.86. The molecule has 1 aromatic rings. The molecule has 0 radical (unpaired) electrons. The van der Waals surface area contributed by atoms with E-state index >= 15 is 0 Å². The number of hydrogen-bond acceptors (Lipinski definition) is 3. The van der Waals surface area contributed by atoms with Crippen molar-refractivity contribution in [2.24, 2.45) is 5.41 Å². The number of nitrogens with one attached hydrogen (secondary N) is 1. The second kappa shape index (κ2) is 6.19. The zero-order valence-electron chi connectivity index (χ0n) is 12.0. The van der Waals surface area contributed by atoms with Gasteiger partial charge in [0.2, 0.25) is 0 Å². The molecule has 0 aromatic carbocycles. The zero-order chi connectivity index (χ0) is 13.3. The molecule has 0 unspecified atom stereocenters. The number of nitrogens with zero attached hydrogens (tertiary/aromatic N) is 1. The molecule has 0 aliphatic carbocycles. The maximum absolute atomic E-state index is 12.4. The first-order valence-electron chi connectivity index (χ1n) is 7.24. The van der Waals surface area contributed by atoms with Crippen molar-refractivity contribution in [1.82, 2.24) is 10.2 Å². The van der Waals surface area contributed by atoms with E-state index in [1.807, 2.05) is 17.9 Å². The Labute approximate surface area is 126 Å². The summed E-state index contributed by atoms with van der Waals surface area (Å²) in [6, 6.07) is 1.85. The van der Waals surface area contributed by atoms with E-state index in [4.69, 9.17) is 4.42 Å². The highest BCUT2D eigenvalue weighted by Gasteiger charge is 2.37. The maximum Gasteiger partial charge on any atom is 0.289 e. The number of amides is 1. The second-order valence-corrected chi connectivity index (χ2v) is 5.97. The Kier molecular flexibility index (Phi) is 4.76. The van der Waals surface area contributed by atoms with Crippen molar-refractivity contribution >= 4 is 18.3 Å². The molecule has 4 nitrogen and oxygen atoms in total. The lowest BCUT2D eigenvalue weighted by atomic mass is 9.71. The normalized spacial score (nSPS) is 21.6. The zero-order valence-corrected chi connectivity index (χ0v) is 12.8. The molecule has 3 heterocycles. The van der Waals surface area contributed by atoms with Crippen LogP contribution in [0.15, 0.2) is 16.7 Å². The van der Waals surface area contributed by atoms with E-state index in [0.717, 1.165) is 44.6 Å². The lowest BCUT2D eigenvalue weighted by Crippen LogP contribution is -2.47. The number of piperidine rings is 2. The van der Waals surface area contributed by atoms with Gasteiger partial charge in [0.25, 0.3) is 5.91 Å². The number of hydrogen-bond donors (Lipinski definition) is 1. The summed E-state index contributed by atoms with van der Waals surface area (Å²) >= 11 is 0. The average molecular weight is 299 g/mol. The van der Waals surface area contributed by atoms with Gasteiger partial charge in [-0.05, 0) is 57.2 Å². The van der Waals surface area contributed by atoms with Gasteiger partial charge in [0.1, 0.15) is 0 Å². The Bertz CT molecular complexity index is 456. The predicted molar refractivity (Wildman–Crippen MR) is 80.4 cm³/mol. The van der Waals surface area contributed by atoms with Gasteiger partial charge in [-0.15, -0.1) is 12.4 Å². The lowest BCUT2D eigenvalue weighted by Gasteiger charge is -2.44. The quantitative estimate of drug-likeness (QED) is 0.867. The van der Waals surface area contributed by atoms with Gasteiger partial charge in [0.15, 0.2) is 5.76 Å². The standard InChI is InChI=1S/C15H22N2O2.ClH/c1-12-2-11-19-13(12)14(18)17-9-5-15(6-10-17)3-7-16-8-4-15;/h2,11,16H,3-10H2,1H3;1H. The van der Waals surface area contributed by atoms with Crippen molar-refractivity contribution in [3.05, 3.63) is 23.7 Å². The molecule has 2 aliphatic heterocycles. The van der Waals surface area contributed by atoms with E-state index < -0.39 is 0 Å². The third-order valence-electron chi connectivity index (χ3n) is 4.83. The molecular weight excluding hydrogens is 276 g/mol. The van der Waals surface area contributed by atoms with E-state index in [9.17, 15) is 4.79 Å². The van der Waals surface area contributed by atoms with Crippen LogP contribution < -0.4 is 5.32 Å². The van der Waals surface area contributed by atoms with Crippen LogP contribution in [-0.2, 0) is 0 Å². The third-order valence-corrected chi connectivity index (χ3v) is 4.83. The fourth-order valence-corrected chi connectivity index (χ4v) is 3.38. The molecule has 0 atom stereocenters. The largest absolute Gasteiger partial charge is 0.459 e. The smallest absolute Gasteiger partial charge is 0.289 e.